The molecule has 0 aromatic carbocycles. The maximum atomic E-state index is 5.67. The van der Waals surface area contributed by atoms with Crippen molar-refractivity contribution in [2.45, 2.75) is 20.0 Å². The second-order valence-electron chi connectivity index (χ2n) is 4.45. The number of nitrogens with zero attached hydrogens (tertiary/aromatic N) is 3. The Morgan fingerprint density at radius 2 is 2.12 bits per heavy atom. The molecular weight excluding hydrogens is 216 g/mol. The first-order chi connectivity index (χ1) is 8.19. The maximum absolute atomic E-state index is 5.67. The van der Waals surface area contributed by atoms with Gasteiger partial charge in [-0.3, -0.25) is 0 Å². The molecule has 0 spiro atoms. The van der Waals surface area contributed by atoms with E-state index in [1.54, 1.807) is 0 Å². The van der Waals surface area contributed by atoms with Crippen molar-refractivity contribution in [2.24, 2.45) is 0 Å². The second kappa shape index (κ2) is 5.42. The lowest BCUT2D eigenvalue weighted by Gasteiger charge is -2.33. The summed E-state index contributed by atoms with van der Waals surface area (Å²) in [5, 5.41) is 3.14. The molecule has 1 aromatic heterocycles. The molecular formula is C12H20N4O. The lowest BCUT2D eigenvalue weighted by Crippen LogP contribution is -2.47. The van der Waals surface area contributed by atoms with E-state index in [1.807, 2.05) is 27.0 Å². The molecule has 0 aliphatic carbocycles. The molecule has 5 nitrogen and oxygen atoms in total. The Balaban J connectivity index is 2.10. The van der Waals surface area contributed by atoms with Gasteiger partial charge in [0.15, 0.2) is 0 Å². The van der Waals surface area contributed by atoms with E-state index in [2.05, 4.69) is 20.2 Å². The first kappa shape index (κ1) is 12.3. The van der Waals surface area contributed by atoms with Gasteiger partial charge >= 0.3 is 0 Å². The minimum atomic E-state index is 0.221. The van der Waals surface area contributed by atoms with Gasteiger partial charge < -0.3 is 15.0 Å². The summed E-state index contributed by atoms with van der Waals surface area (Å²) >= 11 is 0. The highest BCUT2D eigenvalue weighted by atomic mass is 16.5. The van der Waals surface area contributed by atoms with Gasteiger partial charge in [-0.25, -0.2) is 9.97 Å². The van der Waals surface area contributed by atoms with Gasteiger partial charge in [-0.2, -0.15) is 0 Å². The standard InChI is InChI=1S/C12H20N4O/c1-9-6-10(2)15-12(14-9)16-4-5-17-11(8-16)7-13-3/h6,11,13H,4-5,7-8H2,1-3H3. The van der Waals surface area contributed by atoms with Crippen LogP contribution in [0, 0.1) is 13.8 Å². The van der Waals surface area contributed by atoms with Gasteiger partial charge in [0.25, 0.3) is 0 Å². The first-order valence-corrected chi connectivity index (χ1v) is 6.02. The SMILES string of the molecule is CNCC1CN(c2nc(C)cc(C)n2)CCO1. The van der Waals surface area contributed by atoms with E-state index in [9.17, 15) is 0 Å². The van der Waals surface area contributed by atoms with E-state index >= 15 is 0 Å². The fourth-order valence-electron chi connectivity index (χ4n) is 2.10. The number of anilines is 1. The Morgan fingerprint density at radius 3 is 2.76 bits per heavy atom. The maximum Gasteiger partial charge on any atom is 0.225 e. The molecule has 1 aliphatic rings. The normalized spacial score (nSPS) is 20.6. The molecule has 1 atom stereocenters. The number of hydrogen-bond donors (Lipinski definition) is 1. The molecule has 1 unspecified atom stereocenters. The zero-order chi connectivity index (χ0) is 12.3. The third kappa shape index (κ3) is 3.14. The van der Waals surface area contributed by atoms with Gasteiger partial charge in [0.2, 0.25) is 5.95 Å². The number of aromatic nitrogens is 2. The van der Waals surface area contributed by atoms with Gasteiger partial charge in [-0.05, 0) is 27.0 Å². The van der Waals surface area contributed by atoms with Crippen LogP contribution in [0.3, 0.4) is 0 Å². The molecule has 0 radical (unpaired) electrons. The van der Waals surface area contributed by atoms with E-state index in [-0.39, 0.29) is 6.10 Å². The van der Waals surface area contributed by atoms with Crippen molar-refractivity contribution < 1.29 is 4.74 Å². The van der Waals surface area contributed by atoms with E-state index in [0.29, 0.717) is 0 Å². The summed E-state index contributed by atoms with van der Waals surface area (Å²) in [6.07, 6.45) is 0.221. The summed E-state index contributed by atoms with van der Waals surface area (Å²) in [6, 6.07) is 2.00. The van der Waals surface area contributed by atoms with Crippen LogP contribution in [0.15, 0.2) is 6.07 Å². The molecule has 0 saturated carbocycles. The van der Waals surface area contributed by atoms with Gasteiger partial charge in [0, 0.05) is 31.0 Å². The lowest BCUT2D eigenvalue weighted by atomic mass is 10.2. The van der Waals surface area contributed by atoms with Gasteiger partial charge in [0.05, 0.1) is 12.7 Å². The molecule has 0 bridgehead atoms. The van der Waals surface area contributed by atoms with Crippen LogP contribution in [-0.4, -0.2) is 49.4 Å². The van der Waals surface area contributed by atoms with Crippen molar-refractivity contribution in [3.8, 4) is 0 Å². The predicted molar refractivity (Wildman–Crippen MR) is 67.4 cm³/mol. The number of hydrogen-bond acceptors (Lipinski definition) is 5. The van der Waals surface area contributed by atoms with Crippen molar-refractivity contribution in [1.82, 2.24) is 15.3 Å². The number of ether oxygens (including phenoxy) is 1. The number of aryl methyl sites for hydroxylation is 2. The zero-order valence-electron chi connectivity index (χ0n) is 10.7. The van der Waals surface area contributed by atoms with Crippen LogP contribution in [-0.2, 0) is 4.74 Å². The Kier molecular flexibility index (Phi) is 3.91. The largest absolute Gasteiger partial charge is 0.373 e. The molecule has 94 valence electrons. The fraction of sp³-hybridized carbons (Fsp3) is 0.667. The Bertz CT molecular complexity index is 361. The first-order valence-electron chi connectivity index (χ1n) is 6.02. The summed E-state index contributed by atoms with van der Waals surface area (Å²) in [4.78, 5) is 11.2. The summed E-state index contributed by atoms with van der Waals surface area (Å²) < 4.78 is 5.67. The minimum absolute atomic E-state index is 0.221. The van der Waals surface area contributed by atoms with Crippen molar-refractivity contribution in [1.29, 1.82) is 0 Å². The third-order valence-electron chi connectivity index (χ3n) is 2.82. The number of morpholine rings is 1. The van der Waals surface area contributed by atoms with Crippen molar-refractivity contribution in [3.05, 3.63) is 17.5 Å². The number of rotatable bonds is 3. The molecule has 17 heavy (non-hydrogen) atoms. The van der Waals surface area contributed by atoms with Gasteiger partial charge in [-0.15, -0.1) is 0 Å². The molecule has 2 rings (SSSR count). The topological polar surface area (TPSA) is 50.3 Å². The van der Waals surface area contributed by atoms with E-state index < -0.39 is 0 Å². The van der Waals surface area contributed by atoms with Crippen LogP contribution in [0.4, 0.5) is 5.95 Å². The Morgan fingerprint density at radius 1 is 1.41 bits per heavy atom. The summed E-state index contributed by atoms with van der Waals surface area (Å²) in [5.74, 6) is 0.826. The minimum Gasteiger partial charge on any atom is -0.373 e. The molecule has 1 aromatic rings. The molecule has 1 saturated heterocycles. The summed E-state index contributed by atoms with van der Waals surface area (Å²) in [6.45, 7) is 7.32. The van der Waals surface area contributed by atoms with E-state index in [1.165, 1.54) is 0 Å². The summed E-state index contributed by atoms with van der Waals surface area (Å²) in [5.41, 5.74) is 2.04. The van der Waals surface area contributed by atoms with Crippen LogP contribution in [0.1, 0.15) is 11.4 Å². The van der Waals surface area contributed by atoms with Crippen LogP contribution >= 0.6 is 0 Å². The second-order valence-corrected chi connectivity index (χ2v) is 4.45. The molecule has 1 fully saturated rings. The average molecular weight is 236 g/mol. The van der Waals surface area contributed by atoms with Crippen LogP contribution in [0.2, 0.25) is 0 Å². The van der Waals surface area contributed by atoms with Crippen molar-refractivity contribution in [2.75, 3.05) is 38.2 Å². The number of nitrogens with one attached hydrogen (secondary N) is 1. The van der Waals surface area contributed by atoms with Gasteiger partial charge in [-0.1, -0.05) is 0 Å². The molecule has 0 amide bonds. The smallest absolute Gasteiger partial charge is 0.225 e. The highest BCUT2D eigenvalue weighted by Gasteiger charge is 2.21. The third-order valence-corrected chi connectivity index (χ3v) is 2.82. The Hall–Kier alpha value is -1.20. The average Bonchev–Trinajstić information content (AvgIpc) is 2.28. The predicted octanol–water partition coefficient (Wildman–Crippen LogP) is 0.518. The number of likely N-dealkylation sites (N-methyl/N-ethyl adjacent to an activating group) is 1. The van der Waals surface area contributed by atoms with Crippen molar-refractivity contribution in [3.63, 3.8) is 0 Å². The van der Waals surface area contributed by atoms with Crippen LogP contribution in [0.25, 0.3) is 0 Å². The molecule has 2 heterocycles. The molecule has 5 heteroatoms. The quantitative estimate of drug-likeness (QED) is 0.829. The Labute approximate surface area is 102 Å². The van der Waals surface area contributed by atoms with Gasteiger partial charge in [0.1, 0.15) is 0 Å². The monoisotopic (exact) mass is 236 g/mol. The highest BCUT2D eigenvalue weighted by molar-refractivity contribution is 5.33. The summed E-state index contributed by atoms with van der Waals surface area (Å²) in [7, 11) is 1.94. The van der Waals surface area contributed by atoms with Crippen LogP contribution < -0.4 is 10.2 Å². The zero-order valence-corrected chi connectivity index (χ0v) is 10.7. The van der Waals surface area contributed by atoms with E-state index in [0.717, 1.165) is 43.6 Å². The molecule has 1 aliphatic heterocycles. The van der Waals surface area contributed by atoms with E-state index in [4.69, 9.17) is 4.74 Å². The lowest BCUT2D eigenvalue weighted by molar-refractivity contribution is 0.0416. The van der Waals surface area contributed by atoms with Crippen LogP contribution in [0.5, 0.6) is 0 Å². The molecule has 1 N–H and O–H groups in total. The van der Waals surface area contributed by atoms with Crippen molar-refractivity contribution >= 4 is 5.95 Å². The fourth-order valence-corrected chi connectivity index (χ4v) is 2.10. The highest BCUT2D eigenvalue weighted by Crippen LogP contribution is 2.14.